The summed E-state index contributed by atoms with van der Waals surface area (Å²) in [6.07, 6.45) is 0. The molecule has 0 spiro atoms. The summed E-state index contributed by atoms with van der Waals surface area (Å²) in [5, 5.41) is 8.72. The Morgan fingerprint density at radius 1 is 1.05 bits per heavy atom. The van der Waals surface area contributed by atoms with Crippen LogP contribution in [0.25, 0.3) is 0 Å². The van der Waals surface area contributed by atoms with Crippen LogP contribution in [0.15, 0.2) is 18.2 Å². The van der Waals surface area contributed by atoms with Crippen molar-refractivity contribution in [3.8, 4) is 11.8 Å². The third kappa shape index (κ3) is 6.38. The molecule has 0 aliphatic carbocycles. The van der Waals surface area contributed by atoms with Crippen LogP contribution in [-0.2, 0) is 14.2 Å². The van der Waals surface area contributed by atoms with E-state index in [0.717, 1.165) is 0 Å². The first-order valence-electron chi connectivity index (χ1n) is 6.34. The second kappa shape index (κ2) is 10.0. The van der Waals surface area contributed by atoms with Gasteiger partial charge >= 0.3 is 0 Å². The molecule has 0 amide bonds. The van der Waals surface area contributed by atoms with Gasteiger partial charge in [0.05, 0.1) is 50.4 Å². The van der Waals surface area contributed by atoms with Crippen molar-refractivity contribution in [2.24, 2.45) is 0 Å². The first-order chi connectivity index (χ1) is 9.77. The molecule has 0 aliphatic rings. The van der Waals surface area contributed by atoms with Crippen LogP contribution in [0.2, 0.25) is 0 Å². The Bertz CT molecular complexity index is 432. The third-order valence-electron chi connectivity index (χ3n) is 2.43. The van der Waals surface area contributed by atoms with Crippen LogP contribution >= 0.6 is 0 Å². The van der Waals surface area contributed by atoms with Crippen LogP contribution in [0.4, 0.5) is 5.69 Å². The smallest absolute Gasteiger partial charge is 0.142 e. The summed E-state index contributed by atoms with van der Waals surface area (Å²) in [4.78, 5) is 0. The lowest BCUT2D eigenvalue weighted by atomic mass is 10.2. The normalized spacial score (nSPS) is 10.2. The van der Waals surface area contributed by atoms with E-state index in [0.29, 0.717) is 56.6 Å². The van der Waals surface area contributed by atoms with Gasteiger partial charge in [0.1, 0.15) is 12.4 Å². The summed E-state index contributed by atoms with van der Waals surface area (Å²) < 4.78 is 20.9. The molecule has 1 aromatic carbocycles. The highest BCUT2D eigenvalue weighted by molar-refractivity contribution is 5.56. The van der Waals surface area contributed by atoms with Crippen molar-refractivity contribution in [3.63, 3.8) is 0 Å². The molecule has 0 saturated heterocycles. The highest BCUT2D eigenvalue weighted by Gasteiger charge is 2.01. The zero-order valence-electron chi connectivity index (χ0n) is 11.6. The molecule has 0 saturated carbocycles. The van der Waals surface area contributed by atoms with Gasteiger partial charge in [-0.1, -0.05) is 0 Å². The molecule has 1 rings (SSSR count). The van der Waals surface area contributed by atoms with Gasteiger partial charge in [0, 0.05) is 7.11 Å². The monoisotopic (exact) mass is 280 g/mol. The van der Waals surface area contributed by atoms with Crippen LogP contribution in [0, 0.1) is 11.3 Å². The average Bonchev–Trinajstić information content (AvgIpc) is 2.47. The summed E-state index contributed by atoms with van der Waals surface area (Å²) in [5.41, 5.74) is 6.72. The Labute approximate surface area is 119 Å². The van der Waals surface area contributed by atoms with Crippen LogP contribution in [0.1, 0.15) is 5.56 Å². The van der Waals surface area contributed by atoms with Crippen molar-refractivity contribution in [3.05, 3.63) is 23.8 Å². The van der Waals surface area contributed by atoms with E-state index < -0.39 is 0 Å². The SMILES string of the molecule is COCCOCCOCCOc1ccc(C#N)cc1N. The van der Waals surface area contributed by atoms with Crippen molar-refractivity contribution in [2.45, 2.75) is 0 Å². The second-order valence-corrected chi connectivity index (χ2v) is 3.93. The van der Waals surface area contributed by atoms with E-state index in [1.54, 1.807) is 25.3 Å². The largest absolute Gasteiger partial charge is 0.489 e. The predicted molar refractivity (Wildman–Crippen MR) is 74.6 cm³/mol. The summed E-state index contributed by atoms with van der Waals surface area (Å²) in [6.45, 7) is 3.04. The molecule has 0 fully saturated rings. The second-order valence-electron chi connectivity index (χ2n) is 3.93. The summed E-state index contributed by atoms with van der Waals surface area (Å²) in [7, 11) is 1.63. The van der Waals surface area contributed by atoms with E-state index in [2.05, 4.69) is 0 Å². The van der Waals surface area contributed by atoms with E-state index >= 15 is 0 Å². The van der Waals surface area contributed by atoms with Gasteiger partial charge in [-0.15, -0.1) is 0 Å². The van der Waals surface area contributed by atoms with E-state index in [-0.39, 0.29) is 0 Å². The Kier molecular flexibility index (Phi) is 8.15. The van der Waals surface area contributed by atoms with Gasteiger partial charge in [-0.25, -0.2) is 0 Å². The summed E-state index contributed by atoms with van der Waals surface area (Å²) >= 11 is 0. The van der Waals surface area contributed by atoms with Crippen molar-refractivity contribution in [2.75, 3.05) is 52.5 Å². The summed E-state index contributed by atoms with van der Waals surface area (Å²) in [6, 6.07) is 6.95. The number of anilines is 1. The average molecular weight is 280 g/mol. The molecule has 0 bridgehead atoms. The molecule has 0 unspecified atom stereocenters. The van der Waals surface area contributed by atoms with Crippen LogP contribution in [-0.4, -0.2) is 46.8 Å². The van der Waals surface area contributed by atoms with Crippen molar-refractivity contribution in [1.29, 1.82) is 5.26 Å². The van der Waals surface area contributed by atoms with Gasteiger partial charge in [0.25, 0.3) is 0 Å². The van der Waals surface area contributed by atoms with Gasteiger partial charge in [-0.3, -0.25) is 0 Å². The van der Waals surface area contributed by atoms with Crippen molar-refractivity contribution in [1.82, 2.24) is 0 Å². The number of hydrogen-bond donors (Lipinski definition) is 1. The molecule has 0 heterocycles. The van der Waals surface area contributed by atoms with Crippen molar-refractivity contribution < 1.29 is 18.9 Å². The number of rotatable bonds is 10. The van der Waals surface area contributed by atoms with Crippen LogP contribution in [0.3, 0.4) is 0 Å². The molecule has 0 atom stereocenters. The van der Waals surface area contributed by atoms with Crippen LogP contribution < -0.4 is 10.5 Å². The zero-order valence-corrected chi connectivity index (χ0v) is 11.6. The van der Waals surface area contributed by atoms with Crippen LogP contribution in [0.5, 0.6) is 5.75 Å². The quantitative estimate of drug-likeness (QED) is 0.512. The topological polar surface area (TPSA) is 86.7 Å². The zero-order chi connectivity index (χ0) is 14.6. The van der Waals surface area contributed by atoms with E-state index in [1.165, 1.54) is 0 Å². The molecule has 2 N–H and O–H groups in total. The van der Waals surface area contributed by atoms with Crippen molar-refractivity contribution >= 4 is 5.69 Å². The standard InChI is InChI=1S/C14H20N2O4/c1-17-4-5-18-6-7-19-8-9-20-14-3-2-12(11-15)10-13(14)16/h2-3,10H,4-9,16H2,1H3. The lowest BCUT2D eigenvalue weighted by Crippen LogP contribution is -2.12. The van der Waals surface area contributed by atoms with Gasteiger partial charge in [0.15, 0.2) is 0 Å². The first kappa shape index (κ1) is 16.2. The third-order valence-corrected chi connectivity index (χ3v) is 2.43. The minimum Gasteiger partial charge on any atom is -0.489 e. The Balaban J connectivity index is 2.08. The number of hydrogen-bond acceptors (Lipinski definition) is 6. The van der Waals surface area contributed by atoms with Gasteiger partial charge in [-0.05, 0) is 18.2 Å². The number of nitrogens with zero attached hydrogens (tertiary/aromatic N) is 1. The minimum atomic E-state index is 0.397. The molecule has 0 radical (unpaired) electrons. The number of nitrogen functional groups attached to an aromatic ring is 1. The van der Waals surface area contributed by atoms with Gasteiger partial charge in [-0.2, -0.15) is 5.26 Å². The molecule has 110 valence electrons. The molecule has 0 aromatic heterocycles. The maximum absolute atomic E-state index is 8.72. The highest BCUT2D eigenvalue weighted by Crippen LogP contribution is 2.21. The lowest BCUT2D eigenvalue weighted by molar-refractivity contribution is 0.0180. The van der Waals surface area contributed by atoms with E-state index in [4.69, 9.17) is 29.9 Å². The fourth-order valence-electron chi connectivity index (χ4n) is 1.42. The molecular formula is C14H20N2O4. The lowest BCUT2D eigenvalue weighted by Gasteiger charge is -2.09. The highest BCUT2D eigenvalue weighted by atomic mass is 16.6. The Morgan fingerprint density at radius 3 is 2.30 bits per heavy atom. The molecule has 20 heavy (non-hydrogen) atoms. The number of nitrogens with two attached hydrogens (primary N) is 1. The van der Waals surface area contributed by atoms with Gasteiger partial charge < -0.3 is 24.7 Å². The molecule has 0 aliphatic heterocycles. The fourth-order valence-corrected chi connectivity index (χ4v) is 1.42. The first-order valence-corrected chi connectivity index (χ1v) is 6.34. The van der Waals surface area contributed by atoms with Gasteiger partial charge in [0.2, 0.25) is 0 Å². The fraction of sp³-hybridized carbons (Fsp3) is 0.500. The van der Waals surface area contributed by atoms with E-state index in [9.17, 15) is 0 Å². The predicted octanol–water partition coefficient (Wildman–Crippen LogP) is 1.20. The Hall–Kier alpha value is -1.81. The molecule has 6 heteroatoms. The molecule has 6 nitrogen and oxygen atoms in total. The number of ether oxygens (including phenoxy) is 4. The number of nitriles is 1. The maximum atomic E-state index is 8.72. The number of benzene rings is 1. The molecular weight excluding hydrogens is 260 g/mol. The summed E-state index contributed by atoms with van der Waals surface area (Å²) in [5.74, 6) is 0.559. The number of methoxy groups -OCH3 is 1. The van der Waals surface area contributed by atoms with E-state index in [1.807, 2.05) is 6.07 Å². The molecule has 1 aromatic rings. The maximum Gasteiger partial charge on any atom is 0.142 e. The Morgan fingerprint density at radius 2 is 1.70 bits per heavy atom. The minimum absolute atomic E-state index is 0.397.